The number of carbonyl (C=O) groups excluding carboxylic acids is 1. The SMILES string of the molecule is N#Cc1ccc(CNC(=O)N2CC3(CCCC3)c3nc(Br)ccc32)cc1. The van der Waals surface area contributed by atoms with Crippen LogP contribution in [-0.2, 0) is 12.0 Å². The summed E-state index contributed by atoms with van der Waals surface area (Å²) in [4.78, 5) is 19.4. The average molecular weight is 411 g/mol. The van der Waals surface area contributed by atoms with E-state index in [0.29, 0.717) is 18.7 Å². The van der Waals surface area contributed by atoms with Crippen molar-refractivity contribution >= 4 is 27.6 Å². The molecule has 1 aromatic carbocycles. The molecule has 0 bridgehead atoms. The van der Waals surface area contributed by atoms with Crippen LogP contribution in [0.3, 0.4) is 0 Å². The molecule has 26 heavy (non-hydrogen) atoms. The lowest BCUT2D eigenvalue weighted by Gasteiger charge is -2.24. The molecule has 0 radical (unpaired) electrons. The Bertz CT molecular complexity index is 882. The van der Waals surface area contributed by atoms with Crippen molar-refractivity contribution in [1.82, 2.24) is 10.3 Å². The minimum absolute atomic E-state index is 0.00486. The molecule has 1 aromatic heterocycles. The van der Waals surface area contributed by atoms with E-state index in [4.69, 9.17) is 10.2 Å². The van der Waals surface area contributed by atoms with Crippen LogP contribution in [0, 0.1) is 11.3 Å². The van der Waals surface area contributed by atoms with Gasteiger partial charge in [-0.1, -0.05) is 25.0 Å². The maximum absolute atomic E-state index is 12.9. The van der Waals surface area contributed by atoms with Gasteiger partial charge < -0.3 is 5.32 Å². The number of hydrogen-bond acceptors (Lipinski definition) is 3. The van der Waals surface area contributed by atoms with Crippen LogP contribution in [0.25, 0.3) is 0 Å². The van der Waals surface area contributed by atoms with E-state index >= 15 is 0 Å². The van der Waals surface area contributed by atoms with Gasteiger partial charge in [0.05, 0.1) is 23.0 Å². The van der Waals surface area contributed by atoms with Gasteiger partial charge in [-0.2, -0.15) is 5.26 Å². The number of nitrogens with zero attached hydrogens (tertiary/aromatic N) is 3. The Balaban J connectivity index is 1.52. The number of fused-ring (bicyclic) bond motifs is 2. The Morgan fingerprint density at radius 3 is 2.65 bits per heavy atom. The molecule has 0 atom stereocenters. The van der Waals surface area contributed by atoms with Crippen LogP contribution in [0.1, 0.15) is 42.5 Å². The van der Waals surface area contributed by atoms with Gasteiger partial charge in [-0.15, -0.1) is 0 Å². The Morgan fingerprint density at radius 2 is 1.96 bits per heavy atom. The molecule has 0 unspecified atom stereocenters. The first kappa shape index (κ1) is 17.0. The van der Waals surface area contributed by atoms with Crippen molar-refractivity contribution in [2.45, 2.75) is 37.6 Å². The summed E-state index contributed by atoms with van der Waals surface area (Å²) in [5.74, 6) is 0. The van der Waals surface area contributed by atoms with Gasteiger partial charge >= 0.3 is 6.03 Å². The van der Waals surface area contributed by atoms with Crippen LogP contribution in [0.5, 0.6) is 0 Å². The molecule has 6 heteroatoms. The van der Waals surface area contributed by atoms with E-state index in [1.54, 1.807) is 12.1 Å². The average Bonchev–Trinajstić information content (AvgIpc) is 3.26. The Labute approximate surface area is 161 Å². The number of urea groups is 1. The summed E-state index contributed by atoms with van der Waals surface area (Å²) < 4.78 is 0.822. The lowest BCUT2D eigenvalue weighted by atomic mass is 9.84. The number of aromatic nitrogens is 1. The highest BCUT2D eigenvalue weighted by atomic mass is 79.9. The van der Waals surface area contributed by atoms with E-state index in [1.165, 1.54) is 12.8 Å². The second kappa shape index (κ2) is 6.73. The molecule has 2 heterocycles. The lowest BCUT2D eigenvalue weighted by molar-refractivity contribution is 0.245. The quantitative estimate of drug-likeness (QED) is 0.751. The second-order valence-electron chi connectivity index (χ2n) is 7.04. The number of benzene rings is 1. The zero-order valence-corrected chi connectivity index (χ0v) is 15.9. The van der Waals surface area contributed by atoms with Gasteiger partial charge in [0.25, 0.3) is 0 Å². The number of rotatable bonds is 2. The first-order valence-electron chi connectivity index (χ1n) is 8.83. The Hall–Kier alpha value is -2.39. The number of nitriles is 1. The minimum Gasteiger partial charge on any atom is -0.334 e. The lowest BCUT2D eigenvalue weighted by Crippen LogP contribution is -2.41. The molecule has 1 N–H and O–H groups in total. The van der Waals surface area contributed by atoms with Crippen LogP contribution in [0.4, 0.5) is 10.5 Å². The standard InChI is InChI=1S/C20H19BrN4O/c21-17-8-7-16-18(24-17)20(9-1-2-10-20)13-25(16)19(26)23-12-15-5-3-14(11-22)4-6-15/h3-8H,1-2,9-10,12-13H2,(H,23,26). The normalized spacial score (nSPS) is 17.2. The monoisotopic (exact) mass is 410 g/mol. The van der Waals surface area contributed by atoms with Crippen molar-refractivity contribution in [3.8, 4) is 6.07 Å². The van der Waals surface area contributed by atoms with E-state index in [-0.39, 0.29) is 11.4 Å². The minimum atomic E-state index is -0.0940. The summed E-state index contributed by atoms with van der Waals surface area (Å²) in [6, 6.07) is 13.2. The van der Waals surface area contributed by atoms with Gasteiger partial charge in [-0.3, -0.25) is 4.90 Å². The molecule has 1 fully saturated rings. The molecule has 0 saturated heterocycles. The van der Waals surface area contributed by atoms with Crippen LogP contribution in [0.2, 0.25) is 0 Å². The maximum Gasteiger partial charge on any atom is 0.322 e. The first-order chi connectivity index (χ1) is 12.6. The third kappa shape index (κ3) is 2.97. The molecule has 2 aliphatic rings. The fourth-order valence-corrected chi connectivity index (χ4v) is 4.41. The van der Waals surface area contributed by atoms with E-state index < -0.39 is 0 Å². The van der Waals surface area contributed by atoms with Crippen LogP contribution in [-0.4, -0.2) is 17.6 Å². The third-order valence-electron chi connectivity index (χ3n) is 5.43. The molecule has 1 aliphatic carbocycles. The summed E-state index contributed by atoms with van der Waals surface area (Å²) in [6.07, 6.45) is 4.55. The van der Waals surface area contributed by atoms with E-state index in [2.05, 4.69) is 27.3 Å². The highest BCUT2D eigenvalue weighted by molar-refractivity contribution is 9.10. The number of hydrogen-bond donors (Lipinski definition) is 1. The van der Waals surface area contributed by atoms with Gasteiger partial charge in [0.15, 0.2) is 0 Å². The fourth-order valence-electron chi connectivity index (χ4n) is 4.10. The summed E-state index contributed by atoms with van der Waals surface area (Å²) >= 11 is 3.47. The van der Waals surface area contributed by atoms with Crippen molar-refractivity contribution in [1.29, 1.82) is 5.26 Å². The molecular weight excluding hydrogens is 392 g/mol. The van der Waals surface area contributed by atoms with E-state index in [0.717, 1.165) is 34.4 Å². The molecular formula is C20H19BrN4O. The molecule has 5 nitrogen and oxygen atoms in total. The molecule has 1 spiro atoms. The zero-order chi connectivity index (χ0) is 18.1. The van der Waals surface area contributed by atoms with Crippen molar-refractivity contribution in [3.63, 3.8) is 0 Å². The van der Waals surface area contributed by atoms with Gasteiger partial charge in [0.2, 0.25) is 0 Å². The summed E-state index contributed by atoms with van der Waals surface area (Å²) in [6.45, 7) is 1.14. The van der Waals surface area contributed by atoms with Crippen LogP contribution < -0.4 is 10.2 Å². The summed E-state index contributed by atoms with van der Waals surface area (Å²) in [7, 11) is 0. The Morgan fingerprint density at radius 1 is 1.23 bits per heavy atom. The zero-order valence-electron chi connectivity index (χ0n) is 14.3. The largest absolute Gasteiger partial charge is 0.334 e. The van der Waals surface area contributed by atoms with E-state index in [9.17, 15) is 4.79 Å². The number of anilines is 1. The summed E-state index contributed by atoms with van der Waals surface area (Å²) in [5, 5.41) is 11.9. The maximum atomic E-state index is 12.9. The first-order valence-corrected chi connectivity index (χ1v) is 9.62. The van der Waals surface area contributed by atoms with Crippen LogP contribution in [0.15, 0.2) is 41.0 Å². The highest BCUT2D eigenvalue weighted by Crippen LogP contribution is 2.49. The predicted molar refractivity (Wildman–Crippen MR) is 103 cm³/mol. The van der Waals surface area contributed by atoms with Gasteiger partial charge in [-0.05, 0) is 58.6 Å². The smallest absolute Gasteiger partial charge is 0.322 e. The number of amides is 2. The number of pyridine rings is 1. The second-order valence-corrected chi connectivity index (χ2v) is 7.86. The molecule has 132 valence electrons. The number of halogens is 1. The molecule has 2 amide bonds. The highest BCUT2D eigenvalue weighted by Gasteiger charge is 2.47. The van der Waals surface area contributed by atoms with Crippen molar-refractivity contribution in [2.75, 3.05) is 11.4 Å². The number of carbonyl (C=O) groups is 1. The van der Waals surface area contributed by atoms with Crippen LogP contribution >= 0.6 is 15.9 Å². The Kier molecular flexibility index (Phi) is 4.41. The molecule has 1 saturated carbocycles. The van der Waals surface area contributed by atoms with Crippen molar-refractivity contribution in [2.24, 2.45) is 0 Å². The topological polar surface area (TPSA) is 69.0 Å². The third-order valence-corrected chi connectivity index (χ3v) is 5.87. The summed E-state index contributed by atoms with van der Waals surface area (Å²) in [5.41, 5.74) is 3.57. The fraction of sp³-hybridized carbons (Fsp3) is 0.350. The molecule has 1 aliphatic heterocycles. The van der Waals surface area contributed by atoms with Gasteiger partial charge in [-0.25, -0.2) is 9.78 Å². The van der Waals surface area contributed by atoms with E-state index in [1.807, 2.05) is 29.2 Å². The van der Waals surface area contributed by atoms with Gasteiger partial charge in [0, 0.05) is 18.5 Å². The van der Waals surface area contributed by atoms with Crippen molar-refractivity contribution < 1.29 is 4.79 Å². The van der Waals surface area contributed by atoms with Gasteiger partial charge in [0.1, 0.15) is 4.60 Å². The van der Waals surface area contributed by atoms with Crippen molar-refractivity contribution in [3.05, 3.63) is 57.8 Å². The molecule has 4 rings (SSSR count). The predicted octanol–water partition coefficient (Wildman–Crippen LogP) is 4.26. The number of nitrogens with one attached hydrogen (secondary N) is 1. The molecule has 2 aromatic rings.